The summed E-state index contributed by atoms with van der Waals surface area (Å²) >= 11 is 5.91. The molecule has 0 unspecified atom stereocenters. The van der Waals surface area contributed by atoms with Gasteiger partial charge in [-0.3, -0.25) is 4.79 Å². The van der Waals surface area contributed by atoms with E-state index in [4.69, 9.17) is 16.7 Å². The number of halogens is 1. The highest BCUT2D eigenvalue weighted by atomic mass is 35.5. The summed E-state index contributed by atoms with van der Waals surface area (Å²) in [5.41, 5.74) is 1.57. The largest absolute Gasteiger partial charge is 0.396 e. The number of benzene rings is 1. The molecule has 98 valence electrons. The second-order valence-electron chi connectivity index (χ2n) is 4.68. The second-order valence-corrected chi connectivity index (χ2v) is 5.11. The van der Waals surface area contributed by atoms with Gasteiger partial charge in [0, 0.05) is 35.5 Å². The van der Waals surface area contributed by atoms with Gasteiger partial charge in [0.2, 0.25) is 0 Å². The van der Waals surface area contributed by atoms with Crippen LogP contribution in [0.5, 0.6) is 0 Å². The van der Waals surface area contributed by atoms with Crippen LogP contribution in [0.15, 0.2) is 18.2 Å². The molecule has 0 aromatic heterocycles. The molecule has 2 rings (SSSR count). The summed E-state index contributed by atoms with van der Waals surface area (Å²) in [6.45, 7) is 0.955. The van der Waals surface area contributed by atoms with Crippen molar-refractivity contribution in [2.24, 2.45) is 0 Å². The molecule has 3 nitrogen and oxygen atoms in total. The Hall–Kier alpha value is -1.06. The molecule has 1 aliphatic carbocycles. The fourth-order valence-electron chi connectivity index (χ4n) is 2.32. The van der Waals surface area contributed by atoms with Crippen LogP contribution in [0.25, 0.3) is 0 Å². The van der Waals surface area contributed by atoms with Crippen LogP contribution in [0, 0.1) is 0 Å². The van der Waals surface area contributed by atoms with Crippen molar-refractivity contribution < 1.29 is 9.90 Å². The van der Waals surface area contributed by atoms with Gasteiger partial charge in [-0.2, -0.15) is 0 Å². The molecule has 0 amide bonds. The molecule has 1 aliphatic rings. The first-order valence-corrected chi connectivity index (χ1v) is 6.76. The van der Waals surface area contributed by atoms with Crippen molar-refractivity contribution in [1.29, 1.82) is 0 Å². The zero-order valence-electron chi connectivity index (χ0n) is 10.3. The van der Waals surface area contributed by atoms with Gasteiger partial charge in [-0.15, -0.1) is 0 Å². The highest BCUT2D eigenvalue weighted by Crippen LogP contribution is 2.32. The van der Waals surface area contributed by atoms with Crippen molar-refractivity contribution in [3.8, 4) is 0 Å². The van der Waals surface area contributed by atoms with Crippen LogP contribution in [0.3, 0.4) is 0 Å². The number of aldehydes is 1. The monoisotopic (exact) mass is 267 g/mol. The lowest BCUT2D eigenvalue weighted by Crippen LogP contribution is -2.41. The standard InChI is InChI=1S/C14H18ClNO2/c15-12-5-6-14(11(9-12)10-18)16(7-2-8-17)13-3-1-4-13/h5-6,9-10,13,17H,1-4,7-8H2. The quantitative estimate of drug-likeness (QED) is 0.806. The van der Waals surface area contributed by atoms with Gasteiger partial charge < -0.3 is 10.0 Å². The van der Waals surface area contributed by atoms with Crippen molar-refractivity contribution in [2.75, 3.05) is 18.1 Å². The average Bonchev–Trinajstić information content (AvgIpc) is 2.32. The summed E-state index contributed by atoms with van der Waals surface area (Å²) in [6, 6.07) is 5.92. The zero-order chi connectivity index (χ0) is 13.0. The molecule has 18 heavy (non-hydrogen) atoms. The number of rotatable bonds is 6. The predicted molar refractivity (Wildman–Crippen MR) is 73.5 cm³/mol. The van der Waals surface area contributed by atoms with Crippen LogP contribution >= 0.6 is 11.6 Å². The highest BCUT2D eigenvalue weighted by molar-refractivity contribution is 6.31. The van der Waals surface area contributed by atoms with E-state index in [-0.39, 0.29) is 6.61 Å². The first kappa shape index (κ1) is 13.4. The molecule has 0 bridgehead atoms. The summed E-state index contributed by atoms with van der Waals surface area (Å²) in [6.07, 6.45) is 5.13. The summed E-state index contributed by atoms with van der Waals surface area (Å²) in [4.78, 5) is 13.4. The van der Waals surface area contributed by atoms with Gasteiger partial charge in [0.1, 0.15) is 0 Å². The van der Waals surface area contributed by atoms with Gasteiger partial charge in [0.05, 0.1) is 0 Å². The lowest BCUT2D eigenvalue weighted by atomic mass is 9.90. The first-order valence-electron chi connectivity index (χ1n) is 6.38. The van der Waals surface area contributed by atoms with E-state index in [0.29, 0.717) is 16.6 Å². The van der Waals surface area contributed by atoms with Gasteiger partial charge in [-0.1, -0.05) is 11.6 Å². The average molecular weight is 268 g/mol. The minimum atomic E-state index is 0.174. The minimum absolute atomic E-state index is 0.174. The van der Waals surface area contributed by atoms with Crippen LogP contribution in [0.1, 0.15) is 36.0 Å². The summed E-state index contributed by atoms with van der Waals surface area (Å²) in [7, 11) is 0. The van der Waals surface area contributed by atoms with E-state index in [1.54, 1.807) is 6.07 Å². The van der Waals surface area contributed by atoms with Crippen molar-refractivity contribution in [3.05, 3.63) is 28.8 Å². The Morgan fingerprint density at radius 3 is 2.78 bits per heavy atom. The third-order valence-electron chi connectivity index (χ3n) is 3.50. The van der Waals surface area contributed by atoms with Crippen LogP contribution in [0.4, 0.5) is 5.69 Å². The molecule has 1 aromatic carbocycles. The summed E-state index contributed by atoms with van der Waals surface area (Å²) < 4.78 is 0. The SMILES string of the molecule is O=Cc1cc(Cl)ccc1N(CCCO)C1CCC1. The normalized spacial score (nSPS) is 15.2. The van der Waals surface area contributed by atoms with E-state index in [1.807, 2.05) is 12.1 Å². The van der Waals surface area contributed by atoms with Crippen LogP contribution < -0.4 is 4.90 Å². The van der Waals surface area contributed by atoms with E-state index < -0.39 is 0 Å². The molecule has 1 fully saturated rings. The number of carbonyl (C=O) groups is 1. The molecule has 0 atom stereocenters. The highest BCUT2D eigenvalue weighted by Gasteiger charge is 2.26. The molecule has 0 heterocycles. The third-order valence-corrected chi connectivity index (χ3v) is 3.73. The first-order chi connectivity index (χ1) is 8.76. The minimum Gasteiger partial charge on any atom is -0.396 e. The van der Waals surface area contributed by atoms with Crippen LogP contribution in [0.2, 0.25) is 5.02 Å². The Morgan fingerprint density at radius 2 is 2.22 bits per heavy atom. The van der Waals surface area contributed by atoms with Crippen molar-refractivity contribution >= 4 is 23.6 Å². The number of carbonyl (C=O) groups excluding carboxylic acids is 1. The summed E-state index contributed by atoms with van der Waals surface area (Å²) in [5, 5.41) is 9.57. The maximum atomic E-state index is 11.2. The lowest BCUT2D eigenvalue weighted by molar-refractivity contribution is 0.112. The Labute approximate surface area is 112 Å². The van der Waals surface area contributed by atoms with Crippen LogP contribution in [-0.4, -0.2) is 30.6 Å². The topological polar surface area (TPSA) is 40.5 Å². The molecule has 1 aromatic rings. The maximum Gasteiger partial charge on any atom is 0.152 e. The van der Waals surface area contributed by atoms with E-state index in [2.05, 4.69) is 4.90 Å². The number of aliphatic hydroxyl groups is 1. The molecule has 0 spiro atoms. The third kappa shape index (κ3) is 2.85. The smallest absolute Gasteiger partial charge is 0.152 e. The molecule has 0 aliphatic heterocycles. The van der Waals surface area contributed by atoms with Crippen molar-refractivity contribution in [2.45, 2.75) is 31.7 Å². The molecular weight excluding hydrogens is 250 g/mol. The van der Waals surface area contributed by atoms with Gasteiger partial charge in [0.15, 0.2) is 6.29 Å². The molecule has 0 saturated heterocycles. The fraction of sp³-hybridized carbons (Fsp3) is 0.500. The van der Waals surface area contributed by atoms with E-state index in [1.165, 1.54) is 6.42 Å². The molecular formula is C14H18ClNO2. The van der Waals surface area contributed by atoms with Crippen molar-refractivity contribution in [3.63, 3.8) is 0 Å². The lowest BCUT2D eigenvalue weighted by Gasteiger charge is -2.40. The van der Waals surface area contributed by atoms with Gasteiger partial charge >= 0.3 is 0 Å². The number of anilines is 1. The van der Waals surface area contributed by atoms with E-state index in [0.717, 1.165) is 37.8 Å². The fourth-order valence-corrected chi connectivity index (χ4v) is 2.50. The molecule has 4 heteroatoms. The second kappa shape index (κ2) is 6.21. The Balaban J connectivity index is 2.25. The van der Waals surface area contributed by atoms with Gasteiger partial charge in [0.25, 0.3) is 0 Å². The molecule has 1 saturated carbocycles. The predicted octanol–water partition coefficient (Wildman–Crippen LogP) is 2.89. The number of hydrogen-bond acceptors (Lipinski definition) is 3. The van der Waals surface area contributed by atoms with Gasteiger partial charge in [-0.25, -0.2) is 0 Å². The van der Waals surface area contributed by atoms with E-state index in [9.17, 15) is 4.79 Å². The molecule has 1 N–H and O–H groups in total. The Morgan fingerprint density at radius 1 is 1.44 bits per heavy atom. The number of aliphatic hydroxyl groups excluding tert-OH is 1. The number of nitrogens with zero attached hydrogens (tertiary/aromatic N) is 1. The zero-order valence-corrected chi connectivity index (χ0v) is 11.1. The molecule has 0 radical (unpaired) electrons. The summed E-state index contributed by atoms with van der Waals surface area (Å²) in [5.74, 6) is 0. The van der Waals surface area contributed by atoms with Crippen LogP contribution in [-0.2, 0) is 0 Å². The number of hydrogen-bond donors (Lipinski definition) is 1. The van der Waals surface area contributed by atoms with E-state index >= 15 is 0 Å². The Bertz CT molecular complexity index is 418. The van der Waals surface area contributed by atoms with Gasteiger partial charge in [-0.05, 0) is 43.9 Å². The Kier molecular flexibility index (Phi) is 4.61. The van der Waals surface area contributed by atoms with Crippen molar-refractivity contribution in [1.82, 2.24) is 0 Å². The maximum absolute atomic E-state index is 11.2.